The normalized spacial score (nSPS) is 15.6. The maximum Gasteiger partial charge on any atom is 0.169 e. The van der Waals surface area contributed by atoms with Crippen LogP contribution in [0.3, 0.4) is 0 Å². The zero-order valence-electron chi connectivity index (χ0n) is 15.9. The molecule has 0 aliphatic heterocycles. The Morgan fingerprint density at radius 2 is 1.52 bits per heavy atom. The van der Waals surface area contributed by atoms with Gasteiger partial charge in [-0.15, -0.1) is 0 Å². The third kappa shape index (κ3) is 6.62. The van der Waals surface area contributed by atoms with Crippen LogP contribution in [0.5, 0.6) is 0 Å². The van der Waals surface area contributed by atoms with Gasteiger partial charge in [0, 0.05) is 19.1 Å². The second-order valence-electron chi connectivity index (χ2n) is 7.46. The Hall–Kier alpha value is -1.94. The molecule has 2 aromatic rings. The van der Waals surface area contributed by atoms with Crippen molar-refractivity contribution >= 4 is 17.3 Å². The van der Waals surface area contributed by atoms with E-state index in [0.717, 1.165) is 17.2 Å². The minimum Gasteiger partial charge on any atom is -0.360 e. The molecule has 0 amide bonds. The number of hydrogen-bond donors (Lipinski definition) is 1. The van der Waals surface area contributed by atoms with Crippen LogP contribution in [-0.2, 0) is 13.1 Å². The lowest BCUT2D eigenvalue weighted by atomic mass is 9.97. The molecule has 1 saturated carbocycles. The van der Waals surface area contributed by atoms with E-state index in [4.69, 9.17) is 12.2 Å². The smallest absolute Gasteiger partial charge is 0.169 e. The highest BCUT2D eigenvalue weighted by Gasteiger charge is 2.17. The first-order chi connectivity index (χ1) is 13.2. The molecule has 1 aliphatic carbocycles. The lowest BCUT2D eigenvalue weighted by Crippen LogP contribution is -2.44. The number of thiocarbonyl (C=S) groups is 1. The van der Waals surface area contributed by atoms with Gasteiger partial charge in [-0.1, -0.05) is 74.6 Å². The van der Waals surface area contributed by atoms with Crippen LogP contribution in [0.4, 0.5) is 4.39 Å². The van der Waals surface area contributed by atoms with Gasteiger partial charge in [0.2, 0.25) is 0 Å². The molecule has 3 rings (SSSR count). The lowest BCUT2D eigenvalue weighted by Gasteiger charge is -2.30. The van der Waals surface area contributed by atoms with Crippen LogP contribution in [0.2, 0.25) is 0 Å². The van der Waals surface area contributed by atoms with Crippen LogP contribution in [-0.4, -0.2) is 16.1 Å². The van der Waals surface area contributed by atoms with Crippen LogP contribution in [0.15, 0.2) is 54.6 Å². The van der Waals surface area contributed by atoms with Gasteiger partial charge in [0.05, 0.1) is 0 Å². The van der Waals surface area contributed by atoms with Crippen molar-refractivity contribution < 1.29 is 4.39 Å². The summed E-state index contributed by atoms with van der Waals surface area (Å²) in [6, 6.07) is 17.6. The largest absolute Gasteiger partial charge is 0.360 e. The zero-order valence-corrected chi connectivity index (χ0v) is 16.7. The minimum atomic E-state index is -0.203. The molecule has 0 bridgehead atoms. The molecule has 0 spiro atoms. The van der Waals surface area contributed by atoms with Crippen molar-refractivity contribution in [2.75, 3.05) is 0 Å². The van der Waals surface area contributed by atoms with Crippen molar-refractivity contribution in [1.82, 2.24) is 10.2 Å². The fourth-order valence-electron chi connectivity index (χ4n) is 3.73. The molecule has 2 aromatic carbocycles. The zero-order chi connectivity index (χ0) is 18.9. The summed E-state index contributed by atoms with van der Waals surface area (Å²) in [6.07, 6.45) is 8.89. The van der Waals surface area contributed by atoms with E-state index >= 15 is 0 Å². The molecule has 4 heteroatoms. The van der Waals surface area contributed by atoms with Gasteiger partial charge in [0.15, 0.2) is 5.11 Å². The van der Waals surface area contributed by atoms with E-state index in [1.807, 2.05) is 24.3 Å². The fraction of sp³-hybridized carbons (Fsp3) is 0.435. The highest BCUT2D eigenvalue weighted by atomic mass is 32.1. The van der Waals surface area contributed by atoms with Crippen LogP contribution in [0.1, 0.15) is 56.1 Å². The van der Waals surface area contributed by atoms with Crippen molar-refractivity contribution in [2.24, 2.45) is 0 Å². The van der Waals surface area contributed by atoms with E-state index in [0.29, 0.717) is 12.6 Å². The monoisotopic (exact) mass is 384 g/mol. The highest BCUT2D eigenvalue weighted by molar-refractivity contribution is 7.80. The van der Waals surface area contributed by atoms with E-state index in [1.54, 1.807) is 12.1 Å². The molecular formula is C23H29FN2S. The van der Waals surface area contributed by atoms with Crippen molar-refractivity contribution in [3.05, 3.63) is 71.5 Å². The molecule has 1 fully saturated rings. The molecule has 27 heavy (non-hydrogen) atoms. The first-order valence-electron chi connectivity index (χ1n) is 10.0. The summed E-state index contributed by atoms with van der Waals surface area (Å²) in [5, 5.41) is 4.38. The van der Waals surface area contributed by atoms with Crippen LogP contribution >= 0.6 is 12.2 Å². The summed E-state index contributed by atoms with van der Waals surface area (Å²) >= 11 is 5.79. The molecule has 1 N–H and O–H groups in total. The average molecular weight is 385 g/mol. The Morgan fingerprint density at radius 1 is 0.889 bits per heavy atom. The van der Waals surface area contributed by atoms with Crippen LogP contribution in [0.25, 0.3) is 0 Å². The van der Waals surface area contributed by atoms with Gasteiger partial charge in [0.1, 0.15) is 5.82 Å². The first kappa shape index (κ1) is 19.8. The summed E-state index contributed by atoms with van der Waals surface area (Å²) < 4.78 is 13.6. The van der Waals surface area contributed by atoms with Gasteiger partial charge in [-0.2, -0.15) is 0 Å². The molecule has 0 heterocycles. The quantitative estimate of drug-likeness (QED) is 0.654. The second-order valence-corrected chi connectivity index (χ2v) is 7.85. The summed E-state index contributed by atoms with van der Waals surface area (Å²) in [4.78, 5) is 2.15. The fourth-order valence-corrected chi connectivity index (χ4v) is 4.02. The van der Waals surface area contributed by atoms with Gasteiger partial charge >= 0.3 is 0 Å². The van der Waals surface area contributed by atoms with E-state index in [-0.39, 0.29) is 5.82 Å². The Bertz CT molecular complexity index is 711. The molecule has 0 radical (unpaired) electrons. The third-order valence-corrected chi connectivity index (χ3v) is 5.57. The first-order valence-corrected chi connectivity index (χ1v) is 10.5. The summed E-state index contributed by atoms with van der Waals surface area (Å²) in [5.74, 6) is -0.203. The second kappa shape index (κ2) is 10.4. The SMILES string of the molecule is Fc1cccc(CN(Cc2ccccc2)C(=S)NC2CCCCCCC2)c1. The Kier molecular flexibility index (Phi) is 7.64. The van der Waals surface area contributed by atoms with Gasteiger partial charge in [0.25, 0.3) is 0 Å². The number of nitrogens with one attached hydrogen (secondary N) is 1. The summed E-state index contributed by atoms with van der Waals surface area (Å²) in [5.41, 5.74) is 2.14. The van der Waals surface area contributed by atoms with E-state index in [1.165, 1.54) is 56.6 Å². The molecule has 0 atom stereocenters. The van der Waals surface area contributed by atoms with Crippen molar-refractivity contribution in [2.45, 2.75) is 64.1 Å². The van der Waals surface area contributed by atoms with E-state index in [9.17, 15) is 4.39 Å². The molecular weight excluding hydrogens is 355 g/mol. The number of hydrogen-bond acceptors (Lipinski definition) is 1. The van der Waals surface area contributed by atoms with Crippen LogP contribution < -0.4 is 5.32 Å². The Morgan fingerprint density at radius 3 is 2.22 bits per heavy atom. The van der Waals surface area contributed by atoms with Crippen molar-refractivity contribution in [1.29, 1.82) is 0 Å². The number of halogens is 1. The molecule has 144 valence electrons. The van der Waals surface area contributed by atoms with Gasteiger partial charge in [-0.05, 0) is 48.3 Å². The van der Waals surface area contributed by atoms with Crippen LogP contribution in [0, 0.1) is 5.82 Å². The Balaban J connectivity index is 1.70. The lowest BCUT2D eigenvalue weighted by molar-refractivity contribution is 0.370. The maximum absolute atomic E-state index is 13.6. The summed E-state index contributed by atoms with van der Waals surface area (Å²) in [7, 11) is 0. The third-order valence-electron chi connectivity index (χ3n) is 5.20. The number of nitrogens with zero attached hydrogens (tertiary/aromatic N) is 1. The molecule has 0 saturated heterocycles. The van der Waals surface area contributed by atoms with Gasteiger partial charge < -0.3 is 10.2 Å². The minimum absolute atomic E-state index is 0.203. The molecule has 0 aromatic heterocycles. The van der Waals surface area contributed by atoms with E-state index in [2.05, 4.69) is 22.3 Å². The van der Waals surface area contributed by atoms with Crippen molar-refractivity contribution in [3.63, 3.8) is 0 Å². The predicted molar refractivity (Wildman–Crippen MR) is 114 cm³/mol. The standard InChI is InChI=1S/C23H29FN2S/c24-21-13-9-12-20(16-21)18-26(17-19-10-5-4-6-11-19)23(27)25-22-14-7-2-1-3-8-15-22/h4-6,9-13,16,22H,1-3,7-8,14-15,17-18H2,(H,25,27). The average Bonchev–Trinajstić information content (AvgIpc) is 2.64. The molecule has 0 unspecified atom stereocenters. The number of benzene rings is 2. The Labute approximate surface area is 167 Å². The van der Waals surface area contributed by atoms with Gasteiger partial charge in [-0.3, -0.25) is 0 Å². The maximum atomic E-state index is 13.6. The topological polar surface area (TPSA) is 15.3 Å². The van der Waals surface area contributed by atoms with Gasteiger partial charge in [-0.25, -0.2) is 4.39 Å². The predicted octanol–water partition coefficient (Wildman–Crippen LogP) is 5.82. The highest BCUT2D eigenvalue weighted by Crippen LogP contribution is 2.18. The summed E-state index contributed by atoms with van der Waals surface area (Å²) in [6.45, 7) is 1.32. The molecule has 2 nitrogen and oxygen atoms in total. The van der Waals surface area contributed by atoms with E-state index < -0.39 is 0 Å². The van der Waals surface area contributed by atoms with Crippen molar-refractivity contribution in [3.8, 4) is 0 Å². The number of rotatable bonds is 5. The molecule has 1 aliphatic rings.